The van der Waals surface area contributed by atoms with E-state index in [1.807, 2.05) is 30.3 Å². The van der Waals surface area contributed by atoms with Crippen LogP contribution in [0.5, 0.6) is 0 Å². The van der Waals surface area contributed by atoms with Gasteiger partial charge < -0.3 is 0 Å². The highest BCUT2D eigenvalue weighted by atomic mass is 79.9. The molecule has 2 aromatic rings. The summed E-state index contributed by atoms with van der Waals surface area (Å²) >= 11 is 3.33. The van der Waals surface area contributed by atoms with Crippen LogP contribution in [0.25, 0.3) is 11.1 Å². The van der Waals surface area contributed by atoms with Crippen LogP contribution in [0.2, 0.25) is 0 Å². The molecule has 1 nitrogen and oxygen atoms in total. The summed E-state index contributed by atoms with van der Waals surface area (Å²) in [5.41, 5.74) is 1.81. The smallest absolute Gasteiger partial charge is 0.162 e. The summed E-state index contributed by atoms with van der Waals surface area (Å²) in [5.74, 6) is -0.341. The first-order chi connectivity index (χ1) is 9.72. The molecule has 0 aliphatic rings. The summed E-state index contributed by atoms with van der Waals surface area (Å²) in [7, 11) is 0. The third-order valence-corrected chi connectivity index (χ3v) is 3.72. The summed E-state index contributed by atoms with van der Waals surface area (Å²) in [5, 5.41) is 0.890. The molecule has 0 spiro atoms. The van der Waals surface area contributed by atoms with Crippen LogP contribution in [-0.4, -0.2) is 11.1 Å². The van der Waals surface area contributed by atoms with E-state index in [0.717, 1.165) is 23.7 Å². The molecule has 104 valence electrons. The zero-order valence-corrected chi connectivity index (χ0v) is 12.7. The van der Waals surface area contributed by atoms with Gasteiger partial charge in [-0.25, -0.2) is 4.39 Å². The van der Waals surface area contributed by atoms with Crippen LogP contribution in [0, 0.1) is 5.82 Å². The molecule has 0 aliphatic carbocycles. The predicted octanol–water partition coefficient (Wildman–Crippen LogP) is 5.24. The van der Waals surface area contributed by atoms with E-state index in [2.05, 4.69) is 15.9 Å². The van der Waals surface area contributed by atoms with Crippen molar-refractivity contribution in [2.75, 3.05) is 5.33 Å². The minimum Gasteiger partial charge on any atom is -0.294 e. The van der Waals surface area contributed by atoms with E-state index in [0.29, 0.717) is 17.5 Å². The van der Waals surface area contributed by atoms with E-state index in [1.54, 1.807) is 12.1 Å². The molecule has 0 unspecified atom stereocenters. The molecule has 0 bridgehead atoms. The Morgan fingerprint density at radius 2 is 1.80 bits per heavy atom. The fourth-order valence-electron chi connectivity index (χ4n) is 2.06. The fourth-order valence-corrected chi connectivity index (χ4v) is 2.46. The first kappa shape index (κ1) is 14.9. The van der Waals surface area contributed by atoms with Crippen LogP contribution < -0.4 is 0 Å². The fraction of sp³-hybridized carbons (Fsp3) is 0.235. The van der Waals surface area contributed by atoms with Gasteiger partial charge in [-0.2, -0.15) is 0 Å². The van der Waals surface area contributed by atoms with Crippen LogP contribution in [0.1, 0.15) is 29.6 Å². The van der Waals surface area contributed by atoms with E-state index < -0.39 is 0 Å². The van der Waals surface area contributed by atoms with Gasteiger partial charge in [0.05, 0.1) is 0 Å². The molecule has 2 rings (SSSR count). The highest BCUT2D eigenvalue weighted by molar-refractivity contribution is 9.09. The van der Waals surface area contributed by atoms with Crippen molar-refractivity contribution in [1.29, 1.82) is 0 Å². The third-order valence-electron chi connectivity index (χ3n) is 3.16. The topological polar surface area (TPSA) is 17.1 Å². The molecule has 0 fully saturated rings. The maximum absolute atomic E-state index is 14.1. The second-order valence-corrected chi connectivity index (χ2v) is 5.42. The minimum atomic E-state index is -0.345. The molecule has 0 N–H and O–H groups in total. The monoisotopic (exact) mass is 334 g/mol. The van der Waals surface area contributed by atoms with Crippen molar-refractivity contribution in [3.05, 3.63) is 59.9 Å². The number of rotatable bonds is 6. The number of benzene rings is 2. The Morgan fingerprint density at radius 3 is 2.45 bits per heavy atom. The van der Waals surface area contributed by atoms with E-state index >= 15 is 0 Å². The SMILES string of the molecule is O=C(CCCCBr)c1ccc(-c2ccccc2)c(F)c1. The Labute approximate surface area is 127 Å². The lowest BCUT2D eigenvalue weighted by molar-refractivity contribution is 0.0979. The lowest BCUT2D eigenvalue weighted by Crippen LogP contribution is -2.00. The number of hydrogen-bond acceptors (Lipinski definition) is 1. The maximum Gasteiger partial charge on any atom is 0.162 e. The Morgan fingerprint density at radius 1 is 1.05 bits per heavy atom. The zero-order chi connectivity index (χ0) is 14.4. The second-order valence-electron chi connectivity index (χ2n) is 4.63. The van der Waals surface area contributed by atoms with E-state index in [4.69, 9.17) is 0 Å². The van der Waals surface area contributed by atoms with Gasteiger partial charge >= 0.3 is 0 Å². The molecule has 0 saturated carbocycles. The molecular formula is C17H16BrFO. The summed E-state index contributed by atoms with van der Waals surface area (Å²) in [4.78, 5) is 11.9. The van der Waals surface area contributed by atoms with Crippen LogP contribution in [0.4, 0.5) is 4.39 Å². The normalized spacial score (nSPS) is 10.5. The standard InChI is InChI=1S/C17H16BrFO/c18-11-5-4-8-17(20)14-9-10-15(16(19)12-14)13-6-2-1-3-7-13/h1-3,6-7,9-10,12H,4-5,8,11H2. The number of unbranched alkanes of at least 4 members (excludes halogenated alkanes) is 1. The highest BCUT2D eigenvalue weighted by Crippen LogP contribution is 2.24. The van der Waals surface area contributed by atoms with Crippen LogP contribution in [0.3, 0.4) is 0 Å². The lowest BCUT2D eigenvalue weighted by Gasteiger charge is -2.06. The van der Waals surface area contributed by atoms with E-state index in [9.17, 15) is 9.18 Å². The molecule has 0 aromatic heterocycles. The number of Topliss-reactive ketones (excluding diaryl/α,β-unsaturated/α-hetero) is 1. The third kappa shape index (κ3) is 3.76. The molecule has 0 atom stereocenters. The Balaban J connectivity index is 2.16. The number of carbonyl (C=O) groups is 1. The van der Waals surface area contributed by atoms with Gasteiger partial charge in [-0.15, -0.1) is 0 Å². The van der Waals surface area contributed by atoms with Crippen LogP contribution in [-0.2, 0) is 0 Å². The molecule has 0 saturated heterocycles. The summed E-state index contributed by atoms with van der Waals surface area (Å²) in [6.45, 7) is 0. The van der Waals surface area contributed by atoms with E-state index in [-0.39, 0.29) is 11.6 Å². The first-order valence-corrected chi connectivity index (χ1v) is 7.78. The molecule has 2 aromatic carbocycles. The summed E-state index contributed by atoms with van der Waals surface area (Å²) < 4.78 is 14.1. The zero-order valence-electron chi connectivity index (χ0n) is 11.1. The molecule has 0 heterocycles. The van der Waals surface area contributed by atoms with Crippen molar-refractivity contribution < 1.29 is 9.18 Å². The number of carbonyl (C=O) groups excluding carboxylic acids is 1. The molecule has 0 aliphatic heterocycles. The average molecular weight is 335 g/mol. The quantitative estimate of drug-likeness (QED) is 0.401. The number of ketones is 1. The van der Waals surface area contributed by atoms with Crippen molar-refractivity contribution in [1.82, 2.24) is 0 Å². The van der Waals surface area contributed by atoms with Gasteiger partial charge in [-0.05, 0) is 24.5 Å². The van der Waals surface area contributed by atoms with Crippen molar-refractivity contribution in [2.24, 2.45) is 0 Å². The lowest BCUT2D eigenvalue weighted by atomic mass is 10.00. The predicted molar refractivity (Wildman–Crippen MR) is 83.8 cm³/mol. The molecular weight excluding hydrogens is 319 g/mol. The molecule has 3 heteroatoms. The van der Waals surface area contributed by atoms with Crippen molar-refractivity contribution in [2.45, 2.75) is 19.3 Å². The van der Waals surface area contributed by atoms with Crippen LogP contribution in [0.15, 0.2) is 48.5 Å². The Hall–Kier alpha value is -1.48. The van der Waals surface area contributed by atoms with Crippen molar-refractivity contribution in [3.63, 3.8) is 0 Å². The summed E-state index contributed by atoms with van der Waals surface area (Å²) in [6, 6.07) is 14.1. The van der Waals surface area contributed by atoms with Gasteiger partial charge in [0.25, 0.3) is 0 Å². The second kappa shape index (κ2) is 7.34. The van der Waals surface area contributed by atoms with Crippen LogP contribution >= 0.6 is 15.9 Å². The maximum atomic E-state index is 14.1. The summed E-state index contributed by atoms with van der Waals surface area (Å²) in [6.07, 6.45) is 2.25. The molecule has 20 heavy (non-hydrogen) atoms. The van der Waals surface area contributed by atoms with Gasteiger partial charge in [0.2, 0.25) is 0 Å². The molecule has 0 amide bonds. The van der Waals surface area contributed by atoms with Crippen molar-refractivity contribution >= 4 is 21.7 Å². The Kier molecular flexibility index (Phi) is 5.48. The average Bonchev–Trinajstić information content (AvgIpc) is 2.48. The minimum absolute atomic E-state index is 0.00413. The highest BCUT2D eigenvalue weighted by Gasteiger charge is 2.10. The number of hydrogen-bond donors (Lipinski definition) is 0. The van der Waals surface area contributed by atoms with Gasteiger partial charge in [0.1, 0.15) is 5.82 Å². The number of alkyl halides is 1. The molecule has 0 radical (unpaired) electrons. The van der Waals surface area contributed by atoms with Crippen molar-refractivity contribution in [3.8, 4) is 11.1 Å². The van der Waals surface area contributed by atoms with Gasteiger partial charge in [-0.3, -0.25) is 4.79 Å². The Bertz CT molecular complexity index is 581. The van der Waals surface area contributed by atoms with Gasteiger partial charge in [0, 0.05) is 22.9 Å². The largest absolute Gasteiger partial charge is 0.294 e. The van der Waals surface area contributed by atoms with E-state index in [1.165, 1.54) is 6.07 Å². The van der Waals surface area contributed by atoms with Gasteiger partial charge in [-0.1, -0.05) is 58.4 Å². The van der Waals surface area contributed by atoms with Gasteiger partial charge in [0.15, 0.2) is 5.78 Å². The number of halogens is 2. The first-order valence-electron chi connectivity index (χ1n) is 6.66.